The van der Waals surface area contributed by atoms with Crippen LogP contribution in [0.15, 0.2) is 29.2 Å². The van der Waals surface area contributed by atoms with Crippen molar-refractivity contribution in [2.75, 3.05) is 30.8 Å². The molecule has 1 aliphatic rings. The summed E-state index contributed by atoms with van der Waals surface area (Å²) in [6.07, 6.45) is 0.915. The third kappa shape index (κ3) is 3.67. The van der Waals surface area contributed by atoms with Crippen molar-refractivity contribution in [2.24, 2.45) is 0 Å². The van der Waals surface area contributed by atoms with Gasteiger partial charge in [-0.25, -0.2) is 4.79 Å². The molecule has 110 valence electrons. The number of carbonyl (C=O) groups is 1. The van der Waals surface area contributed by atoms with Gasteiger partial charge in [0.1, 0.15) is 0 Å². The number of thioether (sulfide) groups is 1. The molecule has 0 aliphatic carbocycles. The first kappa shape index (κ1) is 15.2. The van der Waals surface area contributed by atoms with Gasteiger partial charge in [0.25, 0.3) is 0 Å². The smallest absolute Gasteiger partial charge is 0.322 e. The first-order valence-corrected chi connectivity index (χ1v) is 8.12. The lowest BCUT2D eigenvalue weighted by molar-refractivity contribution is 0.0144. The van der Waals surface area contributed by atoms with Gasteiger partial charge in [-0.3, -0.25) is 0 Å². The van der Waals surface area contributed by atoms with Crippen molar-refractivity contribution < 1.29 is 9.53 Å². The Morgan fingerprint density at radius 1 is 1.45 bits per heavy atom. The van der Waals surface area contributed by atoms with E-state index in [1.54, 1.807) is 11.8 Å². The number of benzene rings is 1. The van der Waals surface area contributed by atoms with Gasteiger partial charge in [-0.05, 0) is 24.3 Å². The van der Waals surface area contributed by atoms with E-state index < -0.39 is 0 Å². The number of amides is 2. The molecule has 1 fully saturated rings. The number of carbonyl (C=O) groups excluding carboxylic acids is 1. The molecule has 0 spiro atoms. The number of rotatable bonds is 4. The van der Waals surface area contributed by atoms with Gasteiger partial charge in [-0.1, -0.05) is 26.0 Å². The van der Waals surface area contributed by atoms with Gasteiger partial charge in [0, 0.05) is 11.4 Å². The maximum absolute atomic E-state index is 12.4. The van der Waals surface area contributed by atoms with Crippen LogP contribution in [-0.4, -0.2) is 42.5 Å². The fourth-order valence-electron chi connectivity index (χ4n) is 2.30. The van der Waals surface area contributed by atoms with Gasteiger partial charge in [-0.15, -0.1) is 11.8 Å². The summed E-state index contributed by atoms with van der Waals surface area (Å²) in [5, 5.41) is 3.04. The summed E-state index contributed by atoms with van der Waals surface area (Å²) in [5.41, 5.74) is 0.894. The minimum absolute atomic E-state index is 0.0238. The van der Waals surface area contributed by atoms with Crippen LogP contribution in [0.4, 0.5) is 10.5 Å². The van der Waals surface area contributed by atoms with E-state index >= 15 is 0 Å². The molecule has 1 aromatic carbocycles. The van der Waals surface area contributed by atoms with Crippen molar-refractivity contribution in [3.8, 4) is 0 Å². The standard InChI is InChI=1S/C15H22N2O2S/c1-3-12-11-19-10-9-17(12)15(18)16-13-7-5-6-8-14(13)20-4-2/h5-8,12H,3-4,9-11H2,1-2H3,(H,16,18)/t12-/m0/s1. The lowest BCUT2D eigenvalue weighted by Gasteiger charge is -2.35. The van der Waals surface area contributed by atoms with Crippen LogP contribution in [-0.2, 0) is 4.74 Å². The number of hydrogen-bond acceptors (Lipinski definition) is 3. The molecule has 4 nitrogen and oxygen atoms in total. The highest BCUT2D eigenvalue weighted by Gasteiger charge is 2.26. The molecule has 0 bridgehead atoms. The summed E-state index contributed by atoms with van der Waals surface area (Å²) in [5.74, 6) is 0.988. The fourth-order valence-corrected chi connectivity index (χ4v) is 3.06. The van der Waals surface area contributed by atoms with Crippen LogP contribution in [0.25, 0.3) is 0 Å². The van der Waals surface area contributed by atoms with Crippen molar-refractivity contribution in [1.29, 1.82) is 0 Å². The second-order valence-electron chi connectivity index (χ2n) is 4.69. The predicted octanol–water partition coefficient (Wildman–Crippen LogP) is 3.44. The molecule has 2 amide bonds. The minimum atomic E-state index is -0.0238. The first-order chi connectivity index (χ1) is 9.76. The molecule has 1 aliphatic heterocycles. The second-order valence-corrected chi connectivity index (χ2v) is 6.00. The van der Waals surface area contributed by atoms with Crippen molar-refractivity contribution in [2.45, 2.75) is 31.2 Å². The number of nitrogens with zero attached hydrogens (tertiary/aromatic N) is 1. The van der Waals surface area contributed by atoms with Crippen LogP contribution in [0.1, 0.15) is 20.3 Å². The Bertz CT molecular complexity index is 453. The lowest BCUT2D eigenvalue weighted by Crippen LogP contribution is -2.50. The Kier molecular flexibility index (Phi) is 5.73. The Morgan fingerprint density at radius 2 is 2.25 bits per heavy atom. The molecule has 1 saturated heterocycles. The zero-order chi connectivity index (χ0) is 14.4. The summed E-state index contributed by atoms with van der Waals surface area (Å²) in [6, 6.07) is 8.10. The van der Waals surface area contributed by atoms with E-state index in [-0.39, 0.29) is 12.1 Å². The van der Waals surface area contributed by atoms with Crippen molar-refractivity contribution >= 4 is 23.5 Å². The molecule has 1 atom stereocenters. The van der Waals surface area contributed by atoms with Gasteiger partial charge >= 0.3 is 6.03 Å². The first-order valence-electron chi connectivity index (χ1n) is 7.13. The number of urea groups is 1. The van der Waals surface area contributed by atoms with Gasteiger partial charge in [0.05, 0.1) is 24.9 Å². The normalized spacial score (nSPS) is 18.9. The Hall–Kier alpha value is -1.20. The van der Waals surface area contributed by atoms with E-state index in [0.717, 1.165) is 22.8 Å². The molecule has 0 radical (unpaired) electrons. The summed E-state index contributed by atoms with van der Waals surface area (Å²) in [4.78, 5) is 15.4. The summed E-state index contributed by atoms with van der Waals surface area (Å²) in [7, 11) is 0. The van der Waals surface area contributed by atoms with Crippen molar-refractivity contribution in [3.63, 3.8) is 0 Å². The minimum Gasteiger partial charge on any atom is -0.377 e. The van der Waals surface area contributed by atoms with Gasteiger partial charge < -0.3 is 15.0 Å². The van der Waals surface area contributed by atoms with Crippen molar-refractivity contribution in [3.05, 3.63) is 24.3 Å². The Balaban J connectivity index is 2.07. The molecule has 0 saturated carbocycles. The van der Waals surface area contributed by atoms with Crippen molar-refractivity contribution in [1.82, 2.24) is 4.90 Å². The molecular formula is C15H22N2O2S. The zero-order valence-electron chi connectivity index (χ0n) is 12.1. The fraction of sp³-hybridized carbons (Fsp3) is 0.533. The highest BCUT2D eigenvalue weighted by atomic mass is 32.2. The van der Waals surface area contributed by atoms with Crippen LogP contribution in [0.3, 0.4) is 0 Å². The molecule has 1 aromatic rings. The van der Waals surface area contributed by atoms with E-state index in [2.05, 4.69) is 19.2 Å². The maximum Gasteiger partial charge on any atom is 0.322 e. The van der Waals surface area contributed by atoms with Gasteiger partial charge in [-0.2, -0.15) is 0 Å². The number of nitrogens with one attached hydrogen (secondary N) is 1. The number of ether oxygens (including phenoxy) is 1. The third-order valence-corrected chi connectivity index (χ3v) is 4.34. The van der Waals surface area contributed by atoms with E-state index in [0.29, 0.717) is 19.8 Å². The summed E-state index contributed by atoms with van der Waals surface area (Å²) >= 11 is 1.74. The molecule has 5 heteroatoms. The SMILES string of the molecule is CCSc1ccccc1NC(=O)N1CCOC[C@@H]1CC. The second kappa shape index (κ2) is 7.55. The molecular weight excluding hydrogens is 272 g/mol. The van der Waals surface area contributed by atoms with E-state index in [1.807, 2.05) is 29.2 Å². The van der Waals surface area contributed by atoms with E-state index in [1.165, 1.54) is 0 Å². The van der Waals surface area contributed by atoms with Gasteiger partial charge in [0.15, 0.2) is 0 Å². The van der Waals surface area contributed by atoms with Crippen LogP contribution in [0.5, 0.6) is 0 Å². The third-order valence-electron chi connectivity index (χ3n) is 3.39. The van der Waals surface area contributed by atoms with Gasteiger partial charge in [0.2, 0.25) is 0 Å². The monoisotopic (exact) mass is 294 g/mol. The average Bonchev–Trinajstić information content (AvgIpc) is 2.49. The molecule has 1 heterocycles. The Labute approximate surface area is 124 Å². The van der Waals surface area contributed by atoms with Crippen LogP contribution >= 0.6 is 11.8 Å². The highest BCUT2D eigenvalue weighted by molar-refractivity contribution is 7.99. The summed E-state index contributed by atoms with van der Waals surface area (Å²) < 4.78 is 5.44. The average molecular weight is 294 g/mol. The van der Waals surface area contributed by atoms with E-state index in [9.17, 15) is 4.79 Å². The van der Waals surface area contributed by atoms with E-state index in [4.69, 9.17) is 4.74 Å². The number of hydrogen-bond donors (Lipinski definition) is 1. The molecule has 0 aromatic heterocycles. The number of anilines is 1. The number of para-hydroxylation sites is 1. The molecule has 20 heavy (non-hydrogen) atoms. The topological polar surface area (TPSA) is 41.6 Å². The Morgan fingerprint density at radius 3 is 3.00 bits per heavy atom. The lowest BCUT2D eigenvalue weighted by atomic mass is 10.2. The summed E-state index contributed by atoms with van der Waals surface area (Å²) in [6.45, 7) is 6.11. The highest BCUT2D eigenvalue weighted by Crippen LogP contribution is 2.27. The predicted molar refractivity (Wildman–Crippen MR) is 83.5 cm³/mol. The maximum atomic E-state index is 12.4. The molecule has 2 rings (SSSR count). The number of morpholine rings is 1. The van der Waals surface area contributed by atoms with Crippen LogP contribution in [0, 0.1) is 0 Å². The largest absolute Gasteiger partial charge is 0.377 e. The molecule has 1 N–H and O–H groups in total. The van der Waals surface area contributed by atoms with Crippen LogP contribution < -0.4 is 5.32 Å². The quantitative estimate of drug-likeness (QED) is 0.865. The van der Waals surface area contributed by atoms with Crippen LogP contribution in [0.2, 0.25) is 0 Å². The molecule has 0 unspecified atom stereocenters. The zero-order valence-corrected chi connectivity index (χ0v) is 12.9.